The molecule has 2 rings (SSSR count). The van der Waals surface area contributed by atoms with Crippen molar-refractivity contribution in [2.24, 2.45) is 0 Å². The second-order valence-corrected chi connectivity index (χ2v) is 4.96. The Balaban J connectivity index is 2.41. The van der Waals surface area contributed by atoms with Gasteiger partial charge in [-0.15, -0.1) is 5.10 Å². The van der Waals surface area contributed by atoms with Crippen LogP contribution in [0.1, 0.15) is 18.9 Å². The maximum absolute atomic E-state index is 5.36. The number of nitrogens with zero attached hydrogens (tertiary/aromatic N) is 4. The number of benzene rings is 1. The van der Waals surface area contributed by atoms with Crippen LogP contribution in [-0.4, -0.2) is 33.1 Å². The molecule has 1 heterocycles. The molecule has 1 aromatic heterocycles. The summed E-state index contributed by atoms with van der Waals surface area (Å²) in [5.74, 6) is 1.76. The highest BCUT2D eigenvalue weighted by Crippen LogP contribution is 2.26. The van der Waals surface area contributed by atoms with Crippen molar-refractivity contribution in [2.75, 3.05) is 12.9 Å². The van der Waals surface area contributed by atoms with Gasteiger partial charge in [0.1, 0.15) is 11.4 Å². The molecule has 0 bridgehead atoms. The molecule has 0 spiro atoms. The van der Waals surface area contributed by atoms with Gasteiger partial charge in [-0.2, -0.15) is 4.68 Å². The minimum absolute atomic E-state index is 0.770. The SMILES string of the molecule is CCCSc1nnnn1-c1cc(C)ccc1OC. The molecule has 2 aromatic rings. The van der Waals surface area contributed by atoms with Crippen LogP contribution in [0.4, 0.5) is 0 Å². The number of hydrogen-bond acceptors (Lipinski definition) is 5. The lowest BCUT2D eigenvalue weighted by Gasteiger charge is -2.10. The Kier molecular flexibility index (Phi) is 4.19. The summed E-state index contributed by atoms with van der Waals surface area (Å²) in [6.07, 6.45) is 1.09. The Hall–Kier alpha value is -1.56. The largest absolute Gasteiger partial charge is 0.494 e. The number of aryl methyl sites for hydroxylation is 1. The predicted molar refractivity (Wildman–Crippen MR) is 71.5 cm³/mol. The lowest BCUT2D eigenvalue weighted by molar-refractivity contribution is 0.410. The van der Waals surface area contributed by atoms with Crippen LogP contribution in [0.25, 0.3) is 5.69 Å². The van der Waals surface area contributed by atoms with Crippen LogP contribution in [0.15, 0.2) is 23.4 Å². The van der Waals surface area contributed by atoms with Crippen LogP contribution < -0.4 is 4.74 Å². The number of aromatic nitrogens is 4. The maximum Gasteiger partial charge on any atom is 0.214 e. The number of thioether (sulfide) groups is 1. The minimum atomic E-state index is 0.770. The van der Waals surface area contributed by atoms with E-state index in [0.717, 1.165) is 34.3 Å². The molecular weight excluding hydrogens is 248 g/mol. The van der Waals surface area contributed by atoms with E-state index in [1.54, 1.807) is 23.6 Å². The third-order valence-electron chi connectivity index (χ3n) is 2.44. The number of hydrogen-bond donors (Lipinski definition) is 0. The van der Waals surface area contributed by atoms with Gasteiger partial charge in [0.25, 0.3) is 0 Å². The third-order valence-corrected chi connectivity index (χ3v) is 3.56. The van der Waals surface area contributed by atoms with Gasteiger partial charge in [-0.1, -0.05) is 24.8 Å². The minimum Gasteiger partial charge on any atom is -0.494 e. The molecule has 0 saturated heterocycles. The molecule has 0 fully saturated rings. The fourth-order valence-corrected chi connectivity index (χ4v) is 2.32. The summed E-state index contributed by atoms with van der Waals surface area (Å²) < 4.78 is 7.09. The second-order valence-electron chi connectivity index (χ2n) is 3.90. The number of methoxy groups -OCH3 is 1. The lowest BCUT2D eigenvalue weighted by Crippen LogP contribution is -2.02. The quantitative estimate of drug-likeness (QED) is 0.777. The Morgan fingerprint density at radius 3 is 2.94 bits per heavy atom. The van der Waals surface area contributed by atoms with Crippen molar-refractivity contribution in [3.8, 4) is 11.4 Å². The van der Waals surface area contributed by atoms with Gasteiger partial charge < -0.3 is 4.74 Å². The Morgan fingerprint density at radius 1 is 1.39 bits per heavy atom. The fourth-order valence-electron chi connectivity index (χ4n) is 1.58. The molecule has 0 aliphatic carbocycles. The first-order valence-electron chi connectivity index (χ1n) is 5.82. The summed E-state index contributed by atoms with van der Waals surface area (Å²) in [4.78, 5) is 0. The molecule has 0 unspecified atom stereocenters. The third kappa shape index (κ3) is 2.64. The monoisotopic (exact) mass is 264 g/mol. The molecule has 96 valence electrons. The molecule has 0 atom stereocenters. The summed E-state index contributed by atoms with van der Waals surface area (Å²) in [6.45, 7) is 4.17. The van der Waals surface area contributed by atoms with E-state index in [1.165, 1.54) is 0 Å². The van der Waals surface area contributed by atoms with Crippen molar-refractivity contribution in [1.82, 2.24) is 20.2 Å². The van der Waals surface area contributed by atoms with Gasteiger partial charge in [0.05, 0.1) is 7.11 Å². The molecule has 18 heavy (non-hydrogen) atoms. The molecule has 0 N–H and O–H groups in total. The summed E-state index contributed by atoms with van der Waals surface area (Å²) >= 11 is 1.64. The first-order valence-corrected chi connectivity index (χ1v) is 6.81. The first kappa shape index (κ1) is 12.9. The molecule has 0 aliphatic heterocycles. The molecule has 0 aliphatic rings. The van der Waals surface area contributed by atoms with E-state index in [4.69, 9.17) is 4.74 Å². The van der Waals surface area contributed by atoms with Crippen molar-refractivity contribution < 1.29 is 4.74 Å². The topological polar surface area (TPSA) is 52.8 Å². The zero-order valence-electron chi connectivity index (χ0n) is 10.8. The van der Waals surface area contributed by atoms with Crippen molar-refractivity contribution in [1.29, 1.82) is 0 Å². The zero-order valence-corrected chi connectivity index (χ0v) is 11.6. The van der Waals surface area contributed by atoms with E-state index in [0.29, 0.717) is 0 Å². The van der Waals surface area contributed by atoms with Crippen LogP contribution in [0, 0.1) is 6.92 Å². The van der Waals surface area contributed by atoms with Gasteiger partial charge in [-0.25, -0.2) is 0 Å². The Morgan fingerprint density at radius 2 is 2.22 bits per heavy atom. The van der Waals surface area contributed by atoms with Gasteiger partial charge in [0.15, 0.2) is 0 Å². The number of rotatable bonds is 5. The van der Waals surface area contributed by atoms with Gasteiger partial charge in [-0.05, 0) is 41.5 Å². The van der Waals surface area contributed by atoms with Crippen LogP contribution >= 0.6 is 11.8 Å². The van der Waals surface area contributed by atoms with E-state index in [2.05, 4.69) is 22.4 Å². The van der Waals surface area contributed by atoms with E-state index in [9.17, 15) is 0 Å². The van der Waals surface area contributed by atoms with Crippen molar-refractivity contribution >= 4 is 11.8 Å². The highest BCUT2D eigenvalue weighted by molar-refractivity contribution is 7.99. The van der Waals surface area contributed by atoms with Gasteiger partial charge in [0.2, 0.25) is 5.16 Å². The van der Waals surface area contributed by atoms with Crippen LogP contribution in [0.5, 0.6) is 5.75 Å². The standard InChI is InChI=1S/C12H16N4OS/c1-4-7-18-12-13-14-15-16(12)10-8-9(2)5-6-11(10)17-3/h5-6,8H,4,7H2,1-3H3. The maximum atomic E-state index is 5.36. The highest BCUT2D eigenvalue weighted by Gasteiger charge is 2.13. The van der Waals surface area contributed by atoms with Gasteiger partial charge >= 0.3 is 0 Å². The van der Waals surface area contributed by atoms with E-state index >= 15 is 0 Å². The molecule has 5 nitrogen and oxygen atoms in total. The van der Waals surface area contributed by atoms with E-state index in [-0.39, 0.29) is 0 Å². The lowest BCUT2D eigenvalue weighted by atomic mass is 10.2. The van der Waals surface area contributed by atoms with Crippen LogP contribution in [-0.2, 0) is 0 Å². The summed E-state index contributed by atoms with van der Waals surface area (Å²) in [6, 6.07) is 5.96. The fraction of sp³-hybridized carbons (Fsp3) is 0.417. The second kappa shape index (κ2) is 5.86. The van der Waals surface area contributed by atoms with E-state index < -0.39 is 0 Å². The van der Waals surface area contributed by atoms with E-state index in [1.807, 2.05) is 25.1 Å². The highest BCUT2D eigenvalue weighted by atomic mass is 32.2. The smallest absolute Gasteiger partial charge is 0.214 e. The molecular formula is C12H16N4OS. The Labute approximate surface area is 111 Å². The average Bonchev–Trinajstić information content (AvgIpc) is 2.84. The van der Waals surface area contributed by atoms with Crippen molar-refractivity contribution in [3.63, 3.8) is 0 Å². The number of ether oxygens (including phenoxy) is 1. The average molecular weight is 264 g/mol. The summed E-state index contributed by atoms with van der Waals surface area (Å²) in [5.41, 5.74) is 2.02. The molecule has 1 aromatic carbocycles. The molecule has 0 radical (unpaired) electrons. The van der Waals surface area contributed by atoms with Gasteiger partial charge in [-0.3, -0.25) is 0 Å². The summed E-state index contributed by atoms with van der Waals surface area (Å²) in [7, 11) is 1.65. The van der Waals surface area contributed by atoms with Crippen LogP contribution in [0.3, 0.4) is 0 Å². The first-order chi connectivity index (χ1) is 8.76. The normalized spacial score (nSPS) is 10.6. The van der Waals surface area contributed by atoms with Crippen molar-refractivity contribution in [3.05, 3.63) is 23.8 Å². The summed E-state index contributed by atoms with van der Waals surface area (Å²) in [5, 5.41) is 12.6. The van der Waals surface area contributed by atoms with Crippen LogP contribution in [0.2, 0.25) is 0 Å². The Bertz CT molecular complexity index is 527. The predicted octanol–water partition coefficient (Wildman–Crippen LogP) is 2.48. The molecule has 0 amide bonds. The molecule has 6 heteroatoms. The van der Waals surface area contributed by atoms with Crippen molar-refractivity contribution in [2.45, 2.75) is 25.4 Å². The molecule has 0 saturated carbocycles. The number of tetrazole rings is 1. The zero-order chi connectivity index (χ0) is 13.0. The van der Waals surface area contributed by atoms with Gasteiger partial charge in [0, 0.05) is 5.75 Å².